The van der Waals surface area contributed by atoms with Gasteiger partial charge in [-0.25, -0.2) is 0 Å². The second kappa shape index (κ2) is 10.9. The molecule has 0 saturated heterocycles. The Morgan fingerprint density at radius 2 is 1.65 bits per heavy atom. The topological polar surface area (TPSA) is 69.3 Å². The van der Waals surface area contributed by atoms with Gasteiger partial charge in [0.15, 0.2) is 11.5 Å². The smallest absolute Gasteiger partial charge is 0.234 e. The normalized spacial score (nSPS) is 13.1. The number of benzene rings is 2. The molecule has 3 rings (SSSR count). The second-order valence-corrected chi connectivity index (χ2v) is 7.60. The highest BCUT2D eigenvalue weighted by atomic mass is 16.5. The van der Waals surface area contributed by atoms with E-state index in [-0.39, 0.29) is 5.91 Å². The van der Waals surface area contributed by atoms with E-state index in [1.165, 1.54) is 0 Å². The fraction of sp³-hybridized carbons (Fsp3) is 0.458. The molecule has 1 N–H and O–H groups in total. The van der Waals surface area contributed by atoms with Crippen LogP contribution in [0.2, 0.25) is 0 Å². The van der Waals surface area contributed by atoms with Crippen LogP contribution in [0.4, 0.5) is 0 Å². The number of hydrogen-bond acceptors (Lipinski definition) is 6. The first kappa shape index (κ1) is 22.7. The van der Waals surface area contributed by atoms with Gasteiger partial charge in [-0.15, -0.1) is 0 Å². The number of methoxy groups -OCH3 is 4. The van der Waals surface area contributed by atoms with Gasteiger partial charge >= 0.3 is 0 Å². The van der Waals surface area contributed by atoms with Gasteiger partial charge in [0.2, 0.25) is 5.91 Å². The van der Waals surface area contributed by atoms with Gasteiger partial charge in [0.25, 0.3) is 0 Å². The molecule has 2 aromatic carbocycles. The van der Waals surface area contributed by atoms with Gasteiger partial charge in [0.1, 0.15) is 11.5 Å². The average molecular weight is 429 g/mol. The van der Waals surface area contributed by atoms with Crippen molar-refractivity contribution < 1.29 is 23.7 Å². The van der Waals surface area contributed by atoms with Crippen molar-refractivity contribution in [3.05, 3.63) is 47.5 Å². The number of carbonyl (C=O) groups is 1. The molecule has 0 aliphatic heterocycles. The van der Waals surface area contributed by atoms with E-state index < -0.39 is 0 Å². The molecule has 1 aliphatic rings. The van der Waals surface area contributed by atoms with Gasteiger partial charge in [-0.3, -0.25) is 9.69 Å². The van der Waals surface area contributed by atoms with Crippen LogP contribution < -0.4 is 24.3 Å². The summed E-state index contributed by atoms with van der Waals surface area (Å²) in [7, 11) is 6.54. The van der Waals surface area contributed by atoms with E-state index in [2.05, 4.69) is 10.2 Å². The number of ether oxygens (including phenoxy) is 4. The zero-order valence-corrected chi connectivity index (χ0v) is 18.8. The molecule has 31 heavy (non-hydrogen) atoms. The maximum absolute atomic E-state index is 12.6. The molecule has 0 radical (unpaired) electrons. The van der Waals surface area contributed by atoms with Crippen molar-refractivity contribution in [3.63, 3.8) is 0 Å². The zero-order valence-electron chi connectivity index (χ0n) is 18.8. The lowest BCUT2D eigenvalue weighted by Gasteiger charge is -2.23. The Morgan fingerprint density at radius 3 is 2.29 bits per heavy atom. The molecule has 168 valence electrons. The van der Waals surface area contributed by atoms with Gasteiger partial charge in [-0.05, 0) is 55.2 Å². The third-order valence-electron chi connectivity index (χ3n) is 5.45. The fourth-order valence-corrected chi connectivity index (χ4v) is 3.60. The first-order valence-corrected chi connectivity index (χ1v) is 10.5. The summed E-state index contributed by atoms with van der Waals surface area (Å²) in [5, 5.41) is 3.04. The highest BCUT2D eigenvalue weighted by molar-refractivity contribution is 5.78. The standard InChI is InChI=1S/C24H32N2O5/c1-28-20-8-10-21(29-2)18(14-20)15-26(19-6-7-19)16-24(27)25-12-11-17-5-9-22(30-3)23(13-17)31-4/h5,8-10,13-14,19H,6-7,11-12,15-16H2,1-4H3,(H,25,27). The van der Waals surface area contributed by atoms with Gasteiger partial charge < -0.3 is 24.3 Å². The first-order valence-electron chi connectivity index (χ1n) is 10.5. The molecule has 1 amide bonds. The Balaban J connectivity index is 1.55. The molecule has 0 bridgehead atoms. The number of nitrogens with one attached hydrogen (secondary N) is 1. The third kappa shape index (κ3) is 6.28. The molecule has 7 nitrogen and oxygen atoms in total. The van der Waals surface area contributed by atoms with Crippen LogP contribution in [0.3, 0.4) is 0 Å². The highest BCUT2D eigenvalue weighted by Crippen LogP contribution is 2.32. The monoisotopic (exact) mass is 428 g/mol. The van der Waals surface area contributed by atoms with E-state index in [1.54, 1.807) is 28.4 Å². The maximum Gasteiger partial charge on any atom is 0.234 e. The number of nitrogens with zero attached hydrogens (tertiary/aromatic N) is 1. The minimum atomic E-state index is 0.0224. The molecule has 1 aliphatic carbocycles. The van der Waals surface area contributed by atoms with Crippen molar-refractivity contribution in [3.8, 4) is 23.0 Å². The summed E-state index contributed by atoms with van der Waals surface area (Å²) in [6.07, 6.45) is 2.95. The molecule has 0 aromatic heterocycles. The molecule has 2 aromatic rings. The molecule has 0 heterocycles. The Hall–Kier alpha value is -2.93. The Kier molecular flexibility index (Phi) is 8.00. The van der Waals surface area contributed by atoms with E-state index in [4.69, 9.17) is 18.9 Å². The van der Waals surface area contributed by atoms with Crippen LogP contribution in [0.1, 0.15) is 24.0 Å². The van der Waals surface area contributed by atoms with E-state index in [0.717, 1.165) is 41.9 Å². The first-order chi connectivity index (χ1) is 15.1. The lowest BCUT2D eigenvalue weighted by atomic mass is 10.1. The van der Waals surface area contributed by atoms with Crippen LogP contribution >= 0.6 is 0 Å². The summed E-state index contributed by atoms with van der Waals surface area (Å²) < 4.78 is 21.5. The molecule has 1 fully saturated rings. The van der Waals surface area contributed by atoms with Crippen LogP contribution in [-0.4, -0.2) is 58.4 Å². The summed E-state index contributed by atoms with van der Waals surface area (Å²) >= 11 is 0. The number of rotatable bonds is 12. The van der Waals surface area contributed by atoms with Crippen LogP contribution in [-0.2, 0) is 17.8 Å². The van der Waals surface area contributed by atoms with E-state index in [9.17, 15) is 4.79 Å². The number of amides is 1. The molecule has 0 unspecified atom stereocenters. The molecule has 1 saturated carbocycles. The summed E-state index contributed by atoms with van der Waals surface area (Å²) in [6.45, 7) is 1.57. The predicted molar refractivity (Wildman–Crippen MR) is 119 cm³/mol. The maximum atomic E-state index is 12.6. The molecule has 0 spiro atoms. The van der Waals surface area contributed by atoms with E-state index in [0.29, 0.717) is 37.2 Å². The minimum Gasteiger partial charge on any atom is -0.497 e. The average Bonchev–Trinajstić information content (AvgIpc) is 3.64. The lowest BCUT2D eigenvalue weighted by molar-refractivity contribution is -0.122. The summed E-state index contributed by atoms with van der Waals surface area (Å²) in [5.41, 5.74) is 2.10. The Bertz CT molecular complexity index is 882. The van der Waals surface area contributed by atoms with Crippen LogP contribution in [0.15, 0.2) is 36.4 Å². The van der Waals surface area contributed by atoms with Gasteiger partial charge in [-0.1, -0.05) is 6.07 Å². The fourth-order valence-electron chi connectivity index (χ4n) is 3.60. The Labute approximate surface area is 184 Å². The minimum absolute atomic E-state index is 0.0224. The van der Waals surface area contributed by atoms with Crippen molar-refractivity contribution in [1.82, 2.24) is 10.2 Å². The molecule has 7 heteroatoms. The summed E-state index contributed by atoms with van der Waals surface area (Å²) in [4.78, 5) is 14.8. The predicted octanol–water partition coefficient (Wildman–Crippen LogP) is 3.04. The van der Waals surface area contributed by atoms with Gasteiger partial charge in [0, 0.05) is 24.7 Å². The van der Waals surface area contributed by atoms with Crippen molar-refractivity contribution >= 4 is 5.91 Å². The lowest BCUT2D eigenvalue weighted by Crippen LogP contribution is -2.38. The molecular formula is C24H32N2O5. The van der Waals surface area contributed by atoms with Gasteiger partial charge in [-0.2, -0.15) is 0 Å². The zero-order chi connectivity index (χ0) is 22.2. The summed E-state index contributed by atoms with van der Waals surface area (Å²) in [6, 6.07) is 12.0. The van der Waals surface area contributed by atoms with Crippen LogP contribution in [0.5, 0.6) is 23.0 Å². The third-order valence-corrected chi connectivity index (χ3v) is 5.45. The van der Waals surface area contributed by atoms with Gasteiger partial charge in [0.05, 0.1) is 35.0 Å². The van der Waals surface area contributed by atoms with Crippen molar-refractivity contribution in [2.45, 2.75) is 31.8 Å². The molecule has 0 atom stereocenters. The van der Waals surface area contributed by atoms with E-state index >= 15 is 0 Å². The SMILES string of the molecule is COc1ccc(OC)c(CN(CC(=O)NCCc2ccc(OC)c(OC)c2)C2CC2)c1. The van der Waals surface area contributed by atoms with Crippen molar-refractivity contribution in [2.75, 3.05) is 41.5 Å². The molecular weight excluding hydrogens is 396 g/mol. The van der Waals surface area contributed by atoms with Crippen molar-refractivity contribution in [2.24, 2.45) is 0 Å². The Morgan fingerprint density at radius 1 is 0.935 bits per heavy atom. The van der Waals surface area contributed by atoms with Crippen LogP contribution in [0, 0.1) is 0 Å². The quantitative estimate of drug-likeness (QED) is 0.560. The number of carbonyl (C=O) groups excluding carboxylic acids is 1. The number of hydrogen-bond donors (Lipinski definition) is 1. The summed E-state index contributed by atoms with van der Waals surface area (Å²) in [5.74, 6) is 3.00. The van der Waals surface area contributed by atoms with Crippen LogP contribution in [0.25, 0.3) is 0 Å². The largest absolute Gasteiger partial charge is 0.497 e. The highest BCUT2D eigenvalue weighted by Gasteiger charge is 2.31. The van der Waals surface area contributed by atoms with Crippen molar-refractivity contribution in [1.29, 1.82) is 0 Å². The van der Waals surface area contributed by atoms with E-state index in [1.807, 2.05) is 36.4 Å². The second-order valence-electron chi connectivity index (χ2n) is 7.60.